The lowest BCUT2D eigenvalue weighted by atomic mass is 10.1. The van der Waals surface area contributed by atoms with Crippen molar-refractivity contribution in [1.82, 2.24) is 5.32 Å². The van der Waals surface area contributed by atoms with E-state index in [2.05, 4.69) is 18.3 Å². The second-order valence-electron chi connectivity index (χ2n) is 4.83. The molecule has 0 spiro atoms. The van der Waals surface area contributed by atoms with Gasteiger partial charge in [-0.2, -0.15) is 5.26 Å². The van der Waals surface area contributed by atoms with Gasteiger partial charge in [0.15, 0.2) is 0 Å². The van der Waals surface area contributed by atoms with Crippen LogP contribution in [0.4, 0.5) is 0 Å². The van der Waals surface area contributed by atoms with Gasteiger partial charge in [-0.15, -0.1) is 0 Å². The number of rotatable bonds is 7. The van der Waals surface area contributed by atoms with Gasteiger partial charge in [-0.05, 0) is 49.4 Å². The lowest BCUT2D eigenvalue weighted by molar-refractivity contribution is 0.317. The van der Waals surface area contributed by atoms with Gasteiger partial charge in [0, 0.05) is 0 Å². The highest BCUT2D eigenvalue weighted by molar-refractivity contribution is 5.33. The fourth-order valence-corrected chi connectivity index (χ4v) is 1.85. The van der Waals surface area contributed by atoms with E-state index in [1.165, 1.54) is 12.8 Å². The summed E-state index contributed by atoms with van der Waals surface area (Å²) < 4.78 is 5.59. The molecule has 1 atom stereocenters. The molecule has 1 fully saturated rings. The predicted octanol–water partition coefficient (Wildman–Crippen LogP) is 3.04. The summed E-state index contributed by atoms with van der Waals surface area (Å²) >= 11 is 0. The van der Waals surface area contributed by atoms with Crippen LogP contribution in [-0.2, 0) is 0 Å². The Morgan fingerprint density at radius 1 is 1.50 bits per heavy atom. The third kappa shape index (κ3) is 3.75. The predicted molar refractivity (Wildman–Crippen MR) is 71.3 cm³/mol. The van der Waals surface area contributed by atoms with Crippen LogP contribution in [0.15, 0.2) is 24.3 Å². The maximum atomic E-state index is 9.23. The van der Waals surface area contributed by atoms with Crippen molar-refractivity contribution in [3.8, 4) is 11.8 Å². The zero-order valence-corrected chi connectivity index (χ0v) is 10.9. The van der Waals surface area contributed by atoms with Crippen molar-refractivity contribution in [3.63, 3.8) is 0 Å². The molecule has 1 aliphatic carbocycles. The normalized spacial score (nSPS) is 16.0. The maximum absolute atomic E-state index is 9.23. The van der Waals surface area contributed by atoms with E-state index in [0.29, 0.717) is 0 Å². The number of hydrogen-bond donors (Lipinski definition) is 1. The quantitative estimate of drug-likeness (QED) is 0.801. The summed E-state index contributed by atoms with van der Waals surface area (Å²) in [5, 5.41) is 12.5. The first kappa shape index (κ1) is 12.9. The molecule has 18 heavy (non-hydrogen) atoms. The van der Waals surface area contributed by atoms with Crippen LogP contribution < -0.4 is 10.1 Å². The zero-order valence-electron chi connectivity index (χ0n) is 10.9. The summed E-state index contributed by atoms with van der Waals surface area (Å²) in [6.45, 7) is 3.74. The molecule has 0 amide bonds. The van der Waals surface area contributed by atoms with Crippen molar-refractivity contribution in [2.45, 2.75) is 32.2 Å². The average Bonchev–Trinajstić information content (AvgIpc) is 3.22. The molecule has 1 unspecified atom stereocenters. The summed E-state index contributed by atoms with van der Waals surface area (Å²) in [6, 6.07) is 9.92. The number of nitrogens with one attached hydrogen (secondary N) is 1. The topological polar surface area (TPSA) is 45.0 Å². The second-order valence-corrected chi connectivity index (χ2v) is 4.83. The van der Waals surface area contributed by atoms with Gasteiger partial charge in [-0.25, -0.2) is 0 Å². The van der Waals surface area contributed by atoms with Crippen molar-refractivity contribution >= 4 is 0 Å². The van der Waals surface area contributed by atoms with E-state index >= 15 is 0 Å². The zero-order chi connectivity index (χ0) is 12.8. The largest absolute Gasteiger partial charge is 0.494 e. The minimum atomic E-state index is -0.226. The number of benzene rings is 1. The van der Waals surface area contributed by atoms with Gasteiger partial charge >= 0.3 is 0 Å². The molecule has 1 aromatic carbocycles. The second kappa shape index (κ2) is 6.42. The molecule has 0 aromatic heterocycles. The molecule has 1 aromatic rings. The lowest BCUT2D eigenvalue weighted by Gasteiger charge is -2.13. The van der Waals surface area contributed by atoms with Crippen molar-refractivity contribution in [2.75, 3.05) is 13.2 Å². The van der Waals surface area contributed by atoms with Crippen molar-refractivity contribution < 1.29 is 4.74 Å². The molecule has 3 nitrogen and oxygen atoms in total. The molecule has 0 bridgehead atoms. The SMILES string of the molecule is CCCOc1cccc(C(C#N)NCC2CC2)c1. The van der Waals surface area contributed by atoms with E-state index < -0.39 is 0 Å². The van der Waals surface area contributed by atoms with Crippen LogP contribution >= 0.6 is 0 Å². The van der Waals surface area contributed by atoms with Crippen molar-refractivity contribution in [3.05, 3.63) is 29.8 Å². The minimum absolute atomic E-state index is 0.226. The fourth-order valence-electron chi connectivity index (χ4n) is 1.85. The van der Waals surface area contributed by atoms with E-state index in [4.69, 9.17) is 4.74 Å². The molecule has 0 heterocycles. The van der Waals surface area contributed by atoms with Gasteiger partial charge in [0.05, 0.1) is 12.7 Å². The Balaban J connectivity index is 1.97. The lowest BCUT2D eigenvalue weighted by Crippen LogP contribution is -2.22. The van der Waals surface area contributed by atoms with Crippen molar-refractivity contribution in [2.24, 2.45) is 5.92 Å². The van der Waals surface area contributed by atoms with Gasteiger partial charge in [-0.3, -0.25) is 5.32 Å². The minimum Gasteiger partial charge on any atom is -0.494 e. The van der Waals surface area contributed by atoms with Gasteiger partial charge in [-0.1, -0.05) is 19.1 Å². The Hall–Kier alpha value is -1.53. The first-order valence-corrected chi connectivity index (χ1v) is 6.69. The van der Waals surface area contributed by atoms with E-state index in [1.54, 1.807) is 0 Å². The molecule has 96 valence electrons. The highest BCUT2D eigenvalue weighted by Gasteiger charge is 2.22. The van der Waals surface area contributed by atoms with Gasteiger partial charge < -0.3 is 4.74 Å². The summed E-state index contributed by atoms with van der Waals surface area (Å²) in [5.41, 5.74) is 0.992. The summed E-state index contributed by atoms with van der Waals surface area (Å²) in [6.07, 6.45) is 3.58. The molecule has 2 rings (SSSR count). The van der Waals surface area contributed by atoms with Crippen LogP contribution in [0.5, 0.6) is 5.75 Å². The summed E-state index contributed by atoms with van der Waals surface area (Å²) in [5.74, 6) is 1.63. The Kier molecular flexibility index (Phi) is 4.60. The molecule has 0 radical (unpaired) electrons. The molecule has 1 aliphatic rings. The fraction of sp³-hybridized carbons (Fsp3) is 0.533. The van der Waals surface area contributed by atoms with E-state index in [0.717, 1.165) is 36.8 Å². The number of hydrogen-bond acceptors (Lipinski definition) is 3. The molecular weight excluding hydrogens is 224 g/mol. The van der Waals surface area contributed by atoms with E-state index in [-0.39, 0.29) is 6.04 Å². The monoisotopic (exact) mass is 244 g/mol. The summed E-state index contributed by atoms with van der Waals surface area (Å²) in [4.78, 5) is 0. The standard InChI is InChI=1S/C15H20N2O/c1-2-8-18-14-5-3-4-13(9-14)15(10-16)17-11-12-6-7-12/h3-5,9,12,15,17H,2,6-8,11H2,1H3. The first-order chi connectivity index (χ1) is 8.83. The molecular formula is C15H20N2O. The maximum Gasteiger partial charge on any atom is 0.121 e. The molecule has 1 saturated carbocycles. The Morgan fingerprint density at radius 3 is 3.00 bits per heavy atom. The Morgan fingerprint density at radius 2 is 2.33 bits per heavy atom. The van der Waals surface area contributed by atoms with Crippen LogP contribution in [0, 0.1) is 17.2 Å². The average molecular weight is 244 g/mol. The van der Waals surface area contributed by atoms with Gasteiger partial charge in [0.1, 0.15) is 11.8 Å². The number of nitriles is 1. The third-order valence-electron chi connectivity index (χ3n) is 3.10. The molecule has 1 N–H and O–H groups in total. The number of ether oxygens (including phenoxy) is 1. The highest BCUT2D eigenvalue weighted by Crippen LogP contribution is 2.28. The van der Waals surface area contributed by atoms with Gasteiger partial charge in [0.25, 0.3) is 0 Å². The molecule has 3 heteroatoms. The Bertz CT molecular complexity index is 421. The van der Waals surface area contributed by atoms with Gasteiger partial charge in [0.2, 0.25) is 0 Å². The Labute approximate surface area is 109 Å². The molecule has 0 saturated heterocycles. The van der Waals surface area contributed by atoms with E-state index in [1.807, 2.05) is 24.3 Å². The van der Waals surface area contributed by atoms with Crippen LogP contribution in [-0.4, -0.2) is 13.2 Å². The smallest absolute Gasteiger partial charge is 0.121 e. The highest BCUT2D eigenvalue weighted by atomic mass is 16.5. The van der Waals surface area contributed by atoms with E-state index in [9.17, 15) is 5.26 Å². The number of nitrogens with zero attached hydrogens (tertiary/aromatic N) is 1. The molecule has 0 aliphatic heterocycles. The third-order valence-corrected chi connectivity index (χ3v) is 3.10. The van der Waals surface area contributed by atoms with Crippen LogP contribution in [0.1, 0.15) is 37.8 Å². The van der Waals surface area contributed by atoms with Crippen LogP contribution in [0.25, 0.3) is 0 Å². The van der Waals surface area contributed by atoms with Crippen LogP contribution in [0.3, 0.4) is 0 Å². The summed E-state index contributed by atoms with van der Waals surface area (Å²) in [7, 11) is 0. The van der Waals surface area contributed by atoms with Crippen molar-refractivity contribution in [1.29, 1.82) is 5.26 Å². The first-order valence-electron chi connectivity index (χ1n) is 6.69. The van der Waals surface area contributed by atoms with Crippen LogP contribution in [0.2, 0.25) is 0 Å².